The topological polar surface area (TPSA) is 185 Å². The van der Waals surface area contributed by atoms with Gasteiger partial charge in [0.15, 0.2) is 0 Å². The molecule has 1 aliphatic carbocycles. The quantitative estimate of drug-likeness (QED) is 0.123. The molecule has 5 atom stereocenters. The molecule has 0 aliphatic heterocycles. The Morgan fingerprint density at radius 2 is 1.65 bits per heavy atom. The minimum atomic E-state index is -1.21. The van der Waals surface area contributed by atoms with E-state index in [1.54, 1.807) is 13.0 Å². The molecule has 1 fully saturated rings. The Labute approximate surface area is 203 Å². The molecule has 0 aromatic carbocycles. The zero-order valence-corrected chi connectivity index (χ0v) is 20.7. The molecule has 1 rings (SSSR count). The summed E-state index contributed by atoms with van der Waals surface area (Å²) in [6, 6.07) is 0. The van der Waals surface area contributed by atoms with Crippen LogP contribution in [-0.4, -0.2) is 84.9 Å². The second kappa shape index (κ2) is 17.2. The average molecular weight is 490 g/mol. The maximum Gasteiger partial charge on any atom is 0.303 e. The lowest BCUT2D eigenvalue weighted by Gasteiger charge is -2.23. The van der Waals surface area contributed by atoms with E-state index in [9.17, 15) is 20.1 Å². The van der Waals surface area contributed by atoms with Gasteiger partial charge in [0.25, 0.3) is 0 Å². The molecule has 1 unspecified atom stereocenters. The third kappa shape index (κ3) is 13.5. The average Bonchev–Trinajstić information content (AvgIpc) is 3.06. The van der Waals surface area contributed by atoms with Gasteiger partial charge in [-0.3, -0.25) is 4.79 Å². The summed E-state index contributed by atoms with van der Waals surface area (Å²) in [4.78, 5) is 10.5. The Kier molecular flexibility index (Phi) is 16.5. The highest BCUT2D eigenvalue weighted by Gasteiger charge is 2.39. The summed E-state index contributed by atoms with van der Waals surface area (Å²) in [5, 5.41) is 64.6. The number of rotatable bonds is 15. The van der Waals surface area contributed by atoms with Gasteiger partial charge in [-0.1, -0.05) is 50.5 Å². The fraction of sp³-hybridized carbons (Fsp3) is 0.800. The number of carbonyl (C=O) groups is 1. The van der Waals surface area contributed by atoms with E-state index < -0.39 is 49.1 Å². The van der Waals surface area contributed by atoms with Gasteiger partial charge in [-0.25, -0.2) is 0 Å². The summed E-state index contributed by atoms with van der Waals surface area (Å²) in [7, 11) is 0. The minimum absolute atomic E-state index is 0.0802. The van der Waals surface area contributed by atoms with E-state index in [1.165, 1.54) is 0 Å². The van der Waals surface area contributed by atoms with Crippen molar-refractivity contribution < 1.29 is 40.5 Å². The van der Waals surface area contributed by atoms with E-state index >= 15 is 0 Å². The van der Waals surface area contributed by atoms with Crippen LogP contribution in [0.4, 0.5) is 0 Å². The van der Waals surface area contributed by atoms with Gasteiger partial charge in [-0.2, -0.15) is 0 Å². The fourth-order valence-corrected chi connectivity index (χ4v) is 3.73. The van der Waals surface area contributed by atoms with Crippen LogP contribution in [0.15, 0.2) is 24.3 Å². The van der Waals surface area contributed by atoms with Gasteiger partial charge >= 0.3 is 5.97 Å². The van der Waals surface area contributed by atoms with E-state index in [1.807, 2.05) is 18.2 Å². The number of hydrogen-bond acceptors (Lipinski definition) is 8. The number of unbranched alkanes of at least 4 members (excludes halogenated alkanes) is 3. The van der Waals surface area contributed by atoms with Crippen LogP contribution in [0, 0.1) is 11.8 Å². The Morgan fingerprint density at radius 3 is 2.15 bits per heavy atom. The van der Waals surface area contributed by atoms with Gasteiger partial charge in [0, 0.05) is 18.8 Å². The monoisotopic (exact) mass is 489 g/mol. The molecule has 0 bridgehead atoms. The molecular weight excluding hydrogens is 442 g/mol. The zero-order chi connectivity index (χ0) is 26.2. The van der Waals surface area contributed by atoms with Crippen molar-refractivity contribution in [1.29, 1.82) is 0 Å². The maximum atomic E-state index is 10.5. The van der Waals surface area contributed by atoms with E-state index in [4.69, 9.17) is 26.2 Å². The van der Waals surface area contributed by atoms with Gasteiger partial charge in [-0.15, -0.1) is 0 Å². The lowest BCUT2D eigenvalue weighted by atomic mass is 9.88. The van der Waals surface area contributed by atoms with Crippen molar-refractivity contribution in [2.75, 3.05) is 19.8 Å². The van der Waals surface area contributed by atoms with E-state index in [2.05, 4.69) is 6.92 Å². The molecule has 0 aromatic rings. The number of allylic oxidation sites excluding steroid dienone is 2. The first-order valence-electron chi connectivity index (χ1n) is 12.2. The van der Waals surface area contributed by atoms with Crippen molar-refractivity contribution in [3.63, 3.8) is 0 Å². The summed E-state index contributed by atoms with van der Waals surface area (Å²) >= 11 is 0. The third-order valence-corrected chi connectivity index (χ3v) is 6.16. The van der Waals surface area contributed by atoms with Crippen LogP contribution in [0.1, 0.15) is 71.6 Å². The molecule has 0 amide bonds. The Bertz CT molecular complexity index is 595. The van der Waals surface area contributed by atoms with Gasteiger partial charge in [0.05, 0.1) is 43.2 Å². The first-order chi connectivity index (χ1) is 15.9. The smallest absolute Gasteiger partial charge is 0.303 e. The largest absolute Gasteiger partial charge is 0.481 e. The normalized spacial score (nSPS) is 24.9. The number of aliphatic carboxylic acids is 1. The van der Waals surface area contributed by atoms with E-state index in [0.29, 0.717) is 32.1 Å². The van der Waals surface area contributed by atoms with Gasteiger partial charge < -0.3 is 41.5 Å². The summed E-state index contributed by atoms with van der Waals surface area (Å²) in [6.45, 7) is 2.70. The fourth-order valence-electron chi connectivity index (χ4n) is 3.73. The summed E-state index contributed by atoms with van der Waals surface area (Å²) in [5.74, 6) is -1.04. The van der Waals surface area contributed by atoms with Gasteiger partial charge in [-0.05, 0) is 38.5 Å². The lowest BCUT2D eigenvalue weighted by Crippen LogP contribution is -2.50. The van der Waals surface area contributed by atoms with Crippen LogP contribution in [0.5, 0.6) is 0 Å². The number of aliphatic hydroxyl groups excluding tert-OH is 5. The molecule has 1 aliphatic rings. The molecular formula is C25H47NO8. The Hall–Kier alpha value is -1.33. The van der Waals surface area contributed by atoms with E-state index in [-0.39, 0.29) is 18.3 Å². The van der Waals surface area contributed by atoms with Crippen LogP contribution in [0.25, 0.3) is 0 Å². The molecule has 0 heterocycles. The SMILES string of the molecule is CCCCC[C@](C)(O)/C=C/C1[C@H](O)C[C@H](O)[C@@H]1C/C=C\CCCC(=O)O.NC(CO)(CO)CO. The minimum Gasteiger partial charge on any atom is -0.481 e. The molecule has 0 aromatic heterocycles. The standard InChI is InChI=1S/C21H36O5.C4H11NO3/c1-3-4-9-13-21(2,26)14-12-17-16(18(22)15-19(17)23)10-7-5-6-8-11-20(24)25;5-4(1-6,2-7)3-8/h5,7,12,14,16-19,22-23,26H,3-4,6,8-11,13,15H2,1-2H3,(H,24,25);6-8H,1-3,5H2/b7-5-,14-12+;/t16-,17?,18+,19-,21+;/m1./s1. The molecule has 1 saturated carbocycles. The Morgan fingerprint density at radius 1 is 1.03 bits per heavy atom. The number of aliphatic hydroxyl groups is 6. The molecule has 34 heavy (non-hydrogen) atoms. The lowest BCUT2D eigenvalue weighted by molar-refractivity contribution is -0.137. The summed E-state index contributed by atoms with van der Waals surface area (Å²) in [6.07, 6.45) is 12.7. The van der Waals surface area contributed by atoms with Crippen LogP contribution >= 0.6 is 0 Å². The molecule has 0 spiro atoms. The van der Waals surface area contributed by atoms with Crippen molar-refractivity contribution in [1.82, 2.24) is 0 Å². The number of carboxylic acids is 1. The molecule has 9 N–H and O–H groups in total. The first-order valence-corrected chi connectivity index (χ1v) is 12.2. The molecule has 200 valence electrons. The second-order valence-electron chi connectivity index (χ2n) is 9.61. The Balaban J connectivity index is 0.00000116. The number of hydrogen-bond donors (Lipinski definition) is 8. The van der Waals surface area contributed by atoms with Gasteiger partial charge in [0.2, 0.25) is 0 Å². The van der Waals surface area contributed by atoms with Crippen molar-refractivity contribution in [2.24, 2.45) is 17.6 Å². The number of carboxylic acid groups (broad SMARTS) is 1. The summed E-state index contributed by atoms with van der Waals surface area (Å²) < 4.78 is 0. The predicted molar refractivity (Wildman–Crippen MR) is 131 cm³/mol. The molecule has 9 heteroatoms. The predicted octanol–water partition coefficient (Wildman–Crippen LogP) is 1.09. The van der Waals surface area contributed by atoms with Gasteiger partial charge in [0.1, 0.15) is 0 Å². The highest BCUT2D eigenvalue weighted by molar-refractivity contribution is 5.66. The second-order valence-corrected chi connectivity index (χ2v) is 9.61. The molecule has 0 saturated heterocycles. The molecule has 0 radical (unpaired) electrons. The van der Waals surface area contributed by atoms with Crippen LogP contribution < -0.4 is 5.73 Å². The highest BCUT2D eigenvalue weighted by Crippen LogP contribution is 2.37. The van der Waals surface area contributed by atoms with Crippen molar-refractivity contribution in [3.8, 4) is 0 Å². The zero-order valence-electron chi connectivity index (χ0n) is 20.7. The summed E-state index contributed by atoms with van der Waals surface area (Å²) in [5.41, 5.74) is 3.05. The first kappa shape index (κ1) is 32.7. The van der Waals surface area contributed by atoms with E-state index in [0.717, 1.165) is 19.3 Å². The highest BCUT2D eigenvalue weighted by atomic mass is 16.4. The van der Waals surface area contributed by atoms with Crippen molar-refractivity contribution in [3.05, 3.63) is 24.3 Å². The van der Waals surface area contributed by atoms with Crippen LogP contribution in [0.3, 0.4) is 0 Å². The third-order valence-electron chi connectivity index (χ3n) is 6.16. The van der Waals surface area contributed by atoms with Crippen molar-refractivity contribution >= 4 is 5.97 Å². The number of nitrogens with two attached hydrogens (primary N) is 1. The van der Waals surface area contributed by atoms with Crippen LogP contribution in [-0.2, 0) is 4.79 Å². The molecule has 9 nitrogen and oxygen atoms in total. The van der Waals surface area contributed by atoms with Crippen molar-refractivity contribution in [2.45, 2.75) is 95.0 Å². The van der Waals surface area contributed by atoms with Crippen LogP contribution in [0.2, 0.25) is 0 Å². The maximum absolute atomic E-state index is 10.5.